The van der Waals surface area contributed by atoms with Crippen LogP contribution in [0.1, 0.15) is 39.0 Å². The van der Waals surface area contributed by atoms with Gasteiger partial charge in [-0.1, -0.05) is 19.8 Å². The second-order valence-electron chi connectivity index (χ2n) is 5.47. The number of morpholine rings is 1. The molecule has 0 aromatic carbocycles. The summed E-state index contributed by atoms with van der Waals surface area (Å²) in [5.41, 5.74) is 0. The van der Waals surface area contributed by atoms with Crippen molar-refractivity contribution in [3.05, 3.63) is 0 Å². The summed E-state index contributed by atoms with van der Waals surface area (Å²) in [6, 6.07) is 0.598. The molecule has 106 valence electrons. The maximum atomic E-state index is 11.9. The van der Waals surface area contributed by atoms with E-state index in [-0.39, 0.29) is 24.4 Å². The smallest absolute Gasteiger partial charge is 0.221 e. The van der Waals surface area contributed by atoms with Gasteiger partial charge in [-0.15, -0.1) is 12.4 Å². The van der Waals surface area contributed by atoms with Crippen LogP contribution in [0.2, 0.25) is 0 Å². The van der Waals surface area contributed by atoms with Crippen LogP contribution < -0.4 is 10.6 Å². The van der Waals surface area contributed by atoms with Crippen molar-refractivity contribution in [1.29, 1.82) is 0 Å². The van der Waals surface area contributed by atoms with Gasteiger partial charge in [0.1, 0.15) is 0 Å². The van der Waals surface area contributed by atoms with Crippen LogP contribution in [0.4, 0.5) is 0 Å². The second-order valence-corrected chi connectivity index (χ2v) is 5.47. The Morgan fingerprint density at radius 3 is 2.94 bits per heavy atom. The number of rotatable bonds is 3. The highest BCUT2D eigenvalue weighted by molar-refractivity contribution is 5.85. The minimum absolute atomic E-state index is 0. The Kier molecular flexibility index (Phi) is 6.97. The predicted molar refractivity (Wildman–Crippen MR) is 74.0 cm³/mol. The van der Waals surface area contributed by atoms with Gasteiger partial charge in [-0.25, -0.2) is 0 Å². The Morgan fingerprint density at radius 2 is 2.28 bits per heavy atom. The minimum atomic E-state index is 0. The standard InChI is InChI=1S/C13H24N2O2.ClH/c1-10-3-2-4-11(7-10)15-13(16)8-12-9-17-6-5-14-12;/h10-12,14H,2-9H2,1H3,(H,15,16);1H. The molecular formula is C13H25ClN2O2. The van der Waals surface area contributed by atoms with E-state index in [2.05, 4.69) is 17.6 Å². The molecule has 1 heterocycles. The van der Waals surface area contributed by atoms with Crippen molar-refractivity contribution in [3.63, 3.8) is 0 Å². The summed E-state index contributed by atoms with van der Waals surface area (Å²) in [5, 5.41) is 6.47. The van der Waals surface area contributed by atoms with Crippen LogP contribution >= 0.6 is 12.4 Å². The molecule has 0 aromatic rings. The van der Waals surface area contributed by atoms with Gasteiger partial charge in [0.25, 0.3) is 0 Å². The molecule has 0 radical (unpaired) electrons. The molecule has 2 rings (SSSR count). The zero-order chi connectivity index (χ0) is 12.1. The Balaban J connectivity index is 0.00000162. The van der Waals surface area contributed by atoms with E-state index < -0.39 is 0 Å². The Hall–Kier alpha value is -0.320. The van der Waals surface area contributed by atoms with Crippen LogP contribution in [0.3, 0.4) is 0 Å². The molecule has 18 heavy (non-hydrogen) atoms. The number of hydrogen-bond donors (Lipinski definition) is 2. The van der Waals surface area contributed by atoms with Gasteiger partial charge in [-0.05, 0) is 18.8 Å². The van der Waals surface area contributed by atoms with Gasteiger partial charge < -0.3 is 15.4 Å². The number of ether oxygens (including phenoxy) is 1. The molecule has 3 atom stereocenters. The molecule has 4 nitrogen and oxygen atoms in total. The molecule has 1 aliphatic carbocycles. The minimum Gasteiger partial charge on any atom is -0.378 e. The molecule has 1 aliphatic heterocycles. The fraction of sp³-hybridized carbons (Fsp3) is 0.923. The van der Waals surface area contributed by atoms with Gasteiger partial charge in [0, 0.05) is 25.0 Å². The van der Waals surface area contributed by atoms with E-state index in [1.54, 1.807) is 0 Å². The average molecular weight is 277 g/mol. The Labute approximate surface area is 116 Å². The van der Waals surface area contributed by atoms with Crippen molar-refractivity contribution in [2.24, 2.45) is 5.92 Å². The summed E-state index contributed by atoms with van der Waals surface area (Å²) in [5.74, 6) is 0.928. The van der Waals surface area contributed by atoms with Crippen LogP contribution in [0.5, 0.6) is 0 Å². The third kappa shape index (κ3) is 5.12. The van der Waals surface area contributed by atoms with E-state index in [0.29, 0.717) is 19.1 Å². The summed E-state index contributed by atoms with van der Waals surface area (Å²) < 4.78 is 5.35. The largest absolute Gasteiger partial charge is 0.378 e. The molecule has 2 fully saturated rings. The highest BCUT2D eigenvalue weighted by atomic mass is 35.5. The molecule has 1 saturated carbocycles. The van der Waals surface area contributed by atoms with Gasteiger partial charge in [0.05, 0.1) is 13.2 Å². The van der Waals surface area contributed by atoms with E-state index in [4.69, 9.17) is 4.74 Å². The number of carbonyl (C=O) groups excluding carboxylic acids is 1. The number of carbonyl (C=O) groups is 1. The van der Waals surface area contributed by atoms with Crippen LogP contribution in [-0.2, 0) is 9.53 Å². The topological polar surface area (TPSA) is 50.4 Å². The molecular weight excluding hydrogens is 252 g/mol. The first-order chi connectivity index (χ1) is 8.24. The number of hydrogen-bond acceptors (Lipinski definition) is 3. The van der Waals surface area contributed by atoms with Crippen molar-refractivity contribution in [2.45, 2.75) is 51.1 Å². The van der Waals surface area contributed by atoms with Gasteiger partial charge in [-0.2, -0.15) is 0 Å². The third-order valence-corrected chi connectivity index (χ3v) is 3.73. The molecule has 5 heteroatoms. The van der Waals surface area contributed by atoms with Gasteiger partial charge in [0.15, 0.2) is 0 Å². The van der Waals surface area contributed by atoms with E-state index in [1.807, 2.05) is 0 Å². The number of halogens is 1. The van der Waals surface area contributed by atoms with Gasteiger partial charge >= 0.3 is 0 Å². The SMILES string of the molecule is CC1CCCC(NC(=O)CC2COCCN2)C1.Cl. The average Bonchev–Trinajstić information content (AvgIpc) is 2.30. The van der Waals surface area contributed by atoms with Crippen LogP contribution in [0.15, 0.2) is 0 Å². The van der Waals surface area contributed by atoms with Crippen molar-refractivity contribution in [1.82, 2.24) is 10.6 Å². The maximum absolute atomic E-state index is 11.9. The summed E-state index contributed by atoms with van der Waals surface area (Å²) in [4.78, 5) is 11.9. The summed E-state index contributed by atoms with van der Waals surface area (Å²) >= 11 is 0. The van der Waals surface area contributed by atoms with Gasteiger partial charge in [-0.3, -0.25) is 4.79 Å². The van der Waals surface area contributed by atoms with Crippen LogP contribution in [0.25, 0.3) is 0 Å². The lowest BCUT2D eigenvalue weighted by atomic mass is 9.87. The Bertz CT molecular complexity index is 257. The zero-order valence-electron chi connectivity index (χ0n) is 11.1. The zero-order valence-corrected chi connectivity index (χ0v) is 11.9. The highest BCUT2D eigenvalue weighted by Gasteiger charge is 2.22. The second kappa shape index (κ2) is 7.97. The summed E-state index contributed by atoms with van der Waals surface area (Å²) in [7, 11) is 0. The first-order valence-corrected chi connectivity index (χ1v) is 6.84. The lowest BCUT2D eigenvalue weighted by Gasteiger charge is -2.29. The van der Waals surface area contributed by atoms with E-state index in [0.717, 1.165) is 31.9 Å². The fourth-order valence-corrected chi connectivity index (χ4v) is 2.83. The lowest BCUT2D eigenvalue weighted by Crippen LogP contribution is -2.46. The molecule has 0 spiro atoms. The number of amides is 1. The fourth-order valence-electron chi connectivity index (χ4n) is 2.83. The molecule has 0 bridgehead atoms. The van der Waals surface area contributed by atoms with Crippen LogP contribution in [0, 0.1) is 5.92 Å². The van der Waals surface area contributed by atoms with Crippen molar-refractivity contribution in [2.75, 3.05) is 19.8 Å². The quantitative estimate of drug-likeness (QED) is 0.821. The normalized spacial score (nSPS) is 32.4. The van der Waals surface area contributed by atoms with E-state index in [9.17, 15) is 4.79 Å². The molecule has 2 aliphatic rings. The molecule has 3 unspecified atom stereocenters. The van der Waals surface area contributed by atoms with Gasteiger partial charge in [0.2, 0.25) is 5.91 Å². The van der Waals surface area contributed by atoms with Crippen molar-refractivity contribution < 1.29 is 9.53 Å². The molecule has 0 aromatic heterocycles. The van der Waals surface area contributed by atoms with Crippen molar-refractivity contribution >= 4 is 18.3 Å². The molecule has 1 amide bonds. The number of nitrogens with one attached hydrogen (secondary N) is 2. The summed E-state index contributed by atoms with van der Waals surface area (Å²) in [6.07, 6.45) is 5.39. The third-order valence-electron chi connectivity index (χ3n) is 3.73. The summed E-state index contributed by atoms with van der Waals surface area (Å²) in [6.45, 7) is 4.56. The predicted octanol–water partition coefficient (Wildman–Crippen LogP) is 1.48. The van der Waals surface area contributed by atoms with Crippen molar-refractivity contribution in [3.8, 4) is 0 Å². The Morgan fingerprint density at radius 1 is 1.44 bits per heavy atom. The first kappa shape index (κ1) is 15.7. The lowest BCUT2D eigenvalue weighted by molar-refractivity contribution is -0.123. The van der Waals surface area contributed by atoms with Crippen LogP contribution in [-0.4, -0.2) is 37.7 Å². The van der Waals surface area contributed by atoms with E-state index >= 15 is 0 Å². The maximum Gasteiger partial charge on any atom is 0.221 e. The molecule has 1 saturated heterocycles. The molecule has 2 N–H and O–H groups in total. The van der Waals surface area contributed by atoms with E-state index in [1.165, 1.54) is 12.8 Å². The first-order valence-electron chi connectivity index (χ1n) is 6.84. The highest BCUT2D eigenvalue weighted by Crippen LogP contribution is 2.23. The monoisotopic (exact) mass is 276 g/mol.